The van der Waals surface area contributed by atoms with E-state index in [2.05, 4.69) is 4.98 Å². The molecule has 0 unspecified atom stereocenters. The maximum absolute atomic E-state index is 9.63. The summed E-state index contributed by atoms with van der Waals surface area (Å²) in [6.07, 6.45) is -1.52. The van der Waals surface area contributed by atoms with Crippen molar-refractivity contribution in [3.8, 4) is 5.75 Å². The van der Waals surface area contributed by atoms with Crippen LogP contribution in [0, 0.1) is 0 Å². The molecule has 0 fully saturated rings. The lowest BCUT2D eigenvalue weighted by Crippen LogP contribution is -2.43. The highest BCUT2D eigenvalue weighted by Crippen LogP contribution is 2.32. The maximum Gasteiger partial charge on any atom is 0.150 e. The van der Waals surface area contributed by atoms with Crippen molar-refractivity contribution in [2.75, 3.05) is 6.61 Å². The molecule has 1 aromatic heterocycles. The van der Waals surface area contributed by atoms with Gasteiger partial charge >= 0.3 is 0 Å². The molecule has 1 aliphatic heterocycles. The van der Waals surface area contributed by atoms with Crippen molar-refractivity contribution in [1.82, 2.24) is 4.98 Å². The van der Waals surface area contributed by atoms with Crippen LogP contribution in [0.4, 0.5) is 0 Å². The maximum atomic E-state index is 9.63. The third kappa shape index (κ3) is 1.35. The average Bonchev–Trinajstić information content (AvgIpc) is 2.23. The van der Waals surface area contributed by atoms with Crippen LogP contribution in [-0.2, 0) is 0 Å². The molecule has 0 saturated carbocycles. The fourth-order valence-electron chi connectivity index (χ4n) is 1.47. The number of hydrogen-bond acceptors (Lipinski definition) is 5. The predicted molar refractivity (Wildman–Crippen MR) is 46.7 cm³/mol. The molecule has 0 saturated heterocycles. The van der Waals surface area contributed by atoms with Crippen LogP contribution in [0.2, 0.25) is 0 Å². The number of rotatable bonds is 1. The molecule has 2 heterocycles. The van der Waals surface area contributed by atoms with Gasteiger partial charge in [0.15, 0.2) is 6.10 Å². The molecule has 14 heavy (non-hydrogen) atoms. The summed E-state index contributed by atoms with van der Waals surface area (Å²) in [7, 11) is 0. The topological polar surface area (TPSA) is 82.8 Å². The summed E-state index contributed by atoms with van der Waals surface area (Å²) in [5.74, 6) is 0.407. The minimum atomic E-state index is -1.14. The second-order valence-corrected chi connectivity index (χ2v) is 3.16. The first-order valence-corrected chi connectivity index (χ1v) is 4.32. The molecule has 2 rings (SSSR count). The second kappa shape index (κ2) is 3.53. The zero-order valence-electron chi connectivity index (χ0n) is 7.37. The highest BCUT2D eigenvalue weighted by Gasteiger charge is 2.36. The fraction of sp³-hybridized carbons (Fsp3) is 0.444. The molecule has 0 aromatic carbocycles. The van der Waals surface area contributed by atoms with Gasteiger partial charge in [-0.05, 0) is 12.1 Å². The normalized spacial score (nSPS) is 30.6. The smallest absolute Gasteiger partial charge is 0.150 e. The molecule has 5 nitrogen and oxygen atoms in total. The van der Waals surface area contributed by atoms with E-state index in [1.807, 2.05) is 0 Å². The first kappa shape index (κ1) is 9.39. The monoisotopic (exact) mass is 197 g/mol. The molecule has 0 radical (unpaired) electrons. The number of aliphatic hydroxyl groups is 3. The van der Waals surface area contributed by atoms with E-state index in [9.17, 15) is 10.2 Å². The Labute approximate surface area is 80.6 Å². The van der Waals surface area contributed by atoms with Gasteiger partial charge < -0.3 is 20.1 Å². The lowest BCUT2D eigenvalue weighted by Gasteiger charge is -2.32. The number of ether oxygens (including phenoxy) is 1. The van der Waals surface area contributed by atoms with Gasteiger partial charge in [-0.3, -0.25) is 4.98 Å². The first-order chi connectivity index (χ1) is 6.74. The zero-order chi connectivity index (χ0) is 10.1. The first-order valence-electron chi connectivity index (χ1n) is 4.32. The minimum Gasteiger partial charge on any atom is -0.483 e. The Balaban J connectivity index is 2.37. The van der Waals surface area contributed by atoms with E-state index in [0.717, 1.165) is 0 Å². The summed E-state index contributed by atoms with van der Waals surface area (Å²) in [5.41, 5.74) is 0.310. The summed E-state index contributed by atoms with van der Waals surface area (Å²) in [6.45, 7) is -0.341. The number of fused-ring (bicyclic) bond motifs is 1. The average molecular weight is 197 g/mol. The lowest BCUT2D eigenvalue weighted by atomic mass is 10.0. The summed E-state index contributed by atoms with van der Waals surface area (Å²) >= 11 is 0. The van der Waals surface area contributed by atoms with E-state index in [1.165, 1.54) is 6.20 Å². The molecule has 3 atom stereocenters. The molecule has 3 N–H and O–H groups in total. The molecule has 1 aliphatic rings. The van der Waals surface area contributed by atoms with Crippen molar-refractivity contribution in [3.63, 3.8) is 0 Å². The third-order valence-corrected chi connectivity index (χ3v) is 2.24. The Morgan fingerprint density at radius 2 is 2.21 bits per heavy atom. The summed E-state index contributed by atoms with van der Waals surface area (Å²) in [6, 6.07) is 3.30. The van der Waals surface area contributed by atoms with Crippen molar-refractivity contribution < 1.29 is 20.1 Å². The molecule has 5 heteroatoms. The largest absolute Gasteiger partial charge is 0.483 e. The number of aliphatic hydroxyl groups excluding tert-OH is 3. The molecule has 76 valence electrons. The third-order valence-electron chi connectivity index (χ3n) is 2.24. The Morgan fingerprint density at radius 1 is 1.43 bits per heavy atom. The van der Waals surface area contributed by atoms with Crippen molar-refractivity contribution >= 4 is 0 Å². The Hall–Kier alpha value is -1.17. The standard InChI is InChI=1S/C9H11NO4/c11-4-6-8(12)9(13)7-5(14-6)2-1-3-10-7/h1-3,6,8-9,11-13H,4H2/t6-,8+,9-/m1/s1. The summed E-state index contributed by atoms with van der Waals surface area (Å²) < 4.78 is 5.24. The number of aromatic nitrogens is 1. The molecule has 0 aliphatic carbocycles. The van der Waals surface area contributed by atoms with Gasteiger partial charge in [-0.2, -0.15) is 0 Å². The van der Waals surface area contributed by atoms with Gasteiger partial charge in [0.2, 0.25) is 0 Å². The van der Waals surface area contributed by atoms with Crippen LogP contribution in [0.15, 0.2) is 18.3 Å². The van der Waals surface area contributed by atoms with Crippen molar-refractivity contribution in [2.24, 2.45) is 0 Å². The van der Waals surface area contributed by atoms with Gasteiger partial charge in [0.1, 0.15) is 23.7 Å². The Bertz CT molecular complexity index is 330. The Kier molecular flexibility index (Phi) is 2.37. The van der Waals surface area contributed by atoms with E-state index in [1.54, 1.807) is 12.1 Å². The lowest BCUT2D eigenvalue weighted by molar-refractivity contribution is -0.0858. The van der Waals surface area contributed by atoms with Crippen LogP contribution in [0.25, 0.3) is 0 Å². The van der Waals surface area contributed by atoms with E-state index in [4.69, 9.17) is 9.84 Å². The van der Waals surface area contributed by atoms with Crippen LogP contribution in [0.1, 0.15) is 11.8 Å². The van der Waals surface area contributed by atoms with E-state index >= 15 is 0 Å². The van der Waals surface area contributed by atoms with E-state index in [-0.39, 0.29) is 6.61 Å². The zero-order valence-corrected chi connectivity index (χ0v) is 7.37. The highest BCUT2D eigenvalue weighted by molar-refractivity contribution is 5.32. The number of pyridine rings is 1. The molecule has 0 spiro atoms. The minimum absolute atomic E-state index is 0.310. The van der Waals surface area contributed by atoms with Crippen LogP contribution >= 0.6 is 0 Å². The fourth-order valence-corrected chi connectivity index (χ4v) is 1.47. The van der Waals surface area contributed by atoms with E-state index in [0.29, 0.717) is 11.4 Å². The van der Waals surface area contributed by atoms with E-state index < -0.39 is 18.3 Å². The van der Waals surface area contributed by atoms with Gasteiger partial charge in [0.25, 0.3) is 0 Å². The molecular formula is C9H11NO4. The van der Waals surface area contributed by atoms with Gasteiger partial charge in [-0.25, -0.2) is 0 Å². The van der Waals surface area contributed by atoms with Crippen LogP contribution < -0.4 is 4.74 Å². The highest BCUT2D eigenvalue weighted by atomic mass is 16.5. The van der Waals surface area contributed by atoms with Crippen molar-refractivity contribution in [2.45, 2.75) is 18.3 Å². The number of hydrogen-bond donors (Lipinski definition) is 3. The van der Waals surface area contributed by atoms with Gasteiger partial charge in [0, 0.05) is 6.20 Å². The molecule has 1 aromatic rings. The van der Waals surface area contributed by atoms with Crippen LogP contribution in [0.5, 0.6) is 5.75 Å². The molecule has 0 amide bonds. The summed E-state index contributed by atoms with van der Waals surface area (Å²) in [4.78, 5) is 3.90. The van der Waals surface area contributed by atoms with Crippen molar-refractivity contribution in [3.05, 3.63) is 24.0 Å². The van der Waals surface area contributed by atoms with Gasteiger partial charge in [-0.1, -0.05) is 0 Å². The van der Waals surface area contributed by atoms with Gasteiger partial charge in [-0.15, -0.1) is 0 Å². The summed E-state index contributed by atoms with van der Waals surface area (Å²) in [5, 5.41) is 28.0. The molecule has 0 bridgehead atoms. The molecular weight excluding hydrogens is 186 g/mol. The second-order valence-electron chi connectivity index (χ2n) is 3.16. The quantitative estimate of drug-likeness (QED) is 0.550. The van der Waals surface area contributed by atoms with Crippen molar-refractivity contribution in [1.29, 1.82) is 0 Å². The Morgan fingerprint density at radius 3 is 2.93 bits per heavy atom. The predicted octanol–water partition coefficient (Wildman–Crippen LogP) is -0.771. The number of nitrogens with zero attached hydrogens (tertiary/aromatic N) is 1. The van der Waals surface area contributed by atoms with Crippen LogP contribution in [-0.4, -0.2) is 39.1 Å². The van der Waals surface area contributed by atoms with Gasteiger partial charge in [0.05, 0.1) is 6.61 Å². The van der Waals surface area contributed by atoms with Crippen LogP contribution in [0.3, 0.4) is 0 Å². The SMILES string of the molecule is OC[C@H]1Oc2cccnc2[C@@H](O)[C@H]1O.